The van der Waals surface area contributed by atoms with Crippen molar-refractivity contribution in [1.82, 2.24) is 0 Å². The second kappa shape index (κ2) is 4.94. The molecule has 0 aromatic rings. The molecule has 0 aliphatic heterocycles. The third kappa shape index (κ3) is 4.60. The van der Waals surface area contributed by atoms with Gasteiger partial charge in [-0.2, -0.15) is 13.2 Å². The molecule has 0 aliphatic rings. The van der Waals surface area contributed by atoms with Crippen molar-refractivity contribution in [2.24, 2.45) is 11.7 Å². The molecule has 0 amide bonds. The van der Waals surface area contributed by atoms with Crippen LogP contribution in [0, 0.1) is 5.92 Å². The fraction of sp³-hybridized carbons (Fsp3) is 0.556. The van der Waals surface area contributed by atoms with Gasteiger partial charge in [-0.15, -0.1) is 0 Å². The van der Waals surface area contributed by atoms with Crippen molar-refractivity contribution < 1.29 is 13.2 Å². The Labute approximate surface area is 76.1 Å². The lowest BCUT2D eigenvalue weighted by Crippen LogP contribution is -2.11. The van der Waals surface area contributed by atoms with Crippen LogP contribution < -0.4 is 5.73 Å². The maximum Gasteiger partial charge on any atom is 0.416 e. The van der Waals surface area contributed by atoms with E-state index in [1.165, 1.54) is 6.08 Å². The van der Waals surface area contributed by atoms with Gasteiger partial charge >= 0.3 is 6.18 Å². The van der Waals surface area contributed by atoms with E-state index in [-0.39, 0.29) is 5.92 Å². The predicted molar refractivity (Wildman–Crippen MR) is 46.9 cm³/mol. The number of hydrogen-bond donors (Lipinski definition) is 1. The van der Waals surface area contributed by atoms with Crippen LogP contribution in [0.5, 0.6) is 0 Å². The fourth-order valence-corrected chi connectivity index (χ4v) is 0.773. The van der Waals surface area contributed by atoms with Gasteiger partial charge in [0.2, 0.25) is 0 Å². The van der Waals surface area contributed by atoms with E-state index in [1.807, 2.05) is 6.92 Å². The van der Waals surface area contributed by atoms with E-state index in [0.29, 0.717) is 6.42 Å². The molecule has 0 aliphatic carbocycles. The SMILES string of the molecule is CCC(C)/C=C(\C=C/N)C(F)(F)F. The first kappa shape index (κ1) is 12.1. The molecule has 2 N–H and O–H groups in total. The third-order valence-electron chi connectivity index (χ3n) is 1.71. The molecule has 4 heteroatoms. The minimum atomic E-state index is -4.31. The summed E-state index contributed by atoms with van der Waals surface area (Å²) in [7, 11) is 0. The molecule has 0 radical (unpaired) electrons. The summed E-state index contributed by atoms with van der Waals surface area (Å²) in [5, 5.41) is 0. The molecule has 0 bridgehead atoms. The van der Waals surface area contributed by atoms with Crippen molar-refractivity contribution in [3.8, 4) is 0 Å². The van der Waals surface area contributed by atoms with Crippen molar-refractivity contribution in [1.29, 1.82) is 0 Å². The molecule has 0 saturated carbocycles. The summed E-state index contributed by atoms with van der Waals surface area (Å²) in [4.78, 5) is 0. The summed E-state index contributed by atoms with van der Waals surface area (Å²) >= 11 is 0. The van der Waals surface area contributed by atoms with E-state index in [2.05, 4.69) is 0 Å². The van der Waals surface area contributed by atoms with Crippen LogP contribution in [0.15, 0.2) is 23.9 Å². The molecule has 0 spiro atoms. The number of hydrogen-bond acceptors (Lipinski definition) is 1. The Hall–Kier alpha value is -0.930. The van der Waals surface area contributed by atoms with Gasteiger partial charge in [-0.25, -0.2) is 0 Å². The fourth-order valence-electron chi connectivity index (χ4n) is 0.773. The Kier molecular flexibility index (Phi) is 4.59. The zero-order valence-electron chi connectivity index (χ0n) is 7.73. The highest BCUT2D eigenvalue weighted by Crippen LogP contribution is 2.27. The monoisotopic (exact) mass is 193 g/mol. The van der Waals surface area contributed by atoms with Crippen LogP contribution in [-0.4, -0.2) is 6.18 Å². The molecule has 0 fully saturated rings. The first-order valence-corrected chi connectivity index (χ1v) is 4.09. The molecule has 1 nitrogen and oxygen atoms in total. The van der Waals surface area contributed by atoms with Crippen molar-refractivity contribution in [3.05, 3.63) is 23.9 Å². The van der Waals surface area contributed by atoms with Gasteiger partial charge in [-0.05, 0) is 18.2 Å². The van der Waals surface area contributed by atoms with Gasteiger partial charge in [0, 0.05) is 0 Å². The standard InChI is InChI=1S/C9H14F3N/c1-3-7(2)6-8(4-5-13)9(10,11)12/h4-7H,3,13H2,1-2H3/b5-4-,8-6+. The molecular weight excluding hydrogens is 179 g/mol. The molecule has 1 unspecified atom stereocenters. The Balaban J connectivity index is 4.70. The number of nitrogens with two attached hydrogens (primary N) is 1. The summed E-state index contributed by atoms with van der Waals surface area (Å²) in [5.74, 6) is -0.0900. The van der Waals surface area contributed by atoms with E-state index < -0.39 is 11.7 Å². The largest absolute Gasteiger partial charge is 0.416 e. The molecular formula is C9H14F3N. The number of halogens is 3. The summed E-state index contributed by atoms with van der Waals surface area (Å²) in [6.07, 6.45) is -0.658. The molecule has 0 heterocycles. The molecule has 0 aromatic heterocycles. The Morgan fingerprint density at radius 1 is 1.46 bits per heavy atom. The second-order valence-corrected chi connectivity index (χ2v) is 2.86. The van der Waals surface area contributed by atoms with Gasteiger partial charge in [0.05, 0.1) is 5.57 Å². The van der Waals surface area contributed by atoms with Crippen LogP contribution in [0.3, 0.4) is 0 Å². The highest BCUT2D eigenvalue weighted by atomic mass is 19.4. The average Bonchev–Trinajstić information content (AvgIpc) is 2.01. The topological polar surface area (TPSA) is 26.0 Å². The van der Waals surface area contributed by atoms with Gasteiger partial charge in [-0.3, -0.25) is 0 Å². The van der Waals surface area contributed by atoms with Gasteiger partial charge in [0.15, 0.2) is 0 Å². The minimum Gasteiger partial charge on any atom is -0.405 e. The molecule has 1 atom stereocenters. The summed E-state index contributed by atoms with van der Waals surface area (Å²) < 4.78 is 36.7. The van der Waals surface area contributed by atoms with Crippen LogP contribution >= 0.6 is 0 Å². The van der Waals surface area contributed by atoms with Crippen molar-refractivity contribution >= 4 is 0 Å². The predicted octanol–water partition coefficient (Wildman–Crippen LogP) is 2.99. The lowest BCUT2D eigenvalue weighted by molar-refractivity contribution is -0.0886. The van der Waals surface area contributed by atoms with E-state index in [9.17, 15) is 13.2 Å². The van der Waals surface area contributed by atoms with Crippen LogP contribution in [0.1, 0.15) is 20.3 Å². The number of allylic oxidation sites excluding steroid dienone is 3. The van der Waals surface area contributed by atoms with Gasteiger partial charge in [0.25, 0.3) is 0 Å². The van der Waals surface area contributed by atoms with Crippen molar-refractivity contribution in [2.75, 3.05) is 0 Å². The number of alkyl halides is 3. The smallest absolute Gasteiger partial charge is 0.405 e. The molecule has 0 rings (SSSR count). The quantitative estimate of drug-likeness (QED) is 0.685. The van der Waals surface area contributed by atoms with Crippen LogP contribution in [0.2, 0.25) is 0 Å². The highest BCUT2D eigenvalue weighted by molar-refractivity contribution is 5.23. The second-order valence-electron chi connectivity index (χ2n) is 2.86. The first-order chi connectivity index (χ1) is 5.91. The van der Waals surface area contributed by atoms with Crippen LogP contribution in [0.25, 0.3) is 0 Å². The Morgan fingerprint density at radius 3 is 2.31 bits per heavy atom. The van der Waals surface area contributed by atoms with E-state index in [1.54, 1.807) is 6.92 Å². The van der Waals surface area contributed by atoms with Crippen molar-refractivity contribution in [3.63, 3.8) is 0 Å². The minimum absolute atomic E-state index is 0.0900. The number of rotatable bonds is 3. The molecule has 0 saturated heterocycles. The van der Waals surface area contributed by atoms with E-state index >= 15 is 0 Å². The third-order valence-corrected chi connectivity index (χ3v) is 1.71. The Morgan fingerprint density at radius 2 is 2.00 bits per heavy atom. The average molecular weight is 193 g/mol. The molecule has 13 heavy (non-hydrogen) atoms. The molecule has 76 valence electrons. The normalized spacial score (nSPS) is 16.5. The van der Waals surface area contributed by atoms with Gasteiger partial charge in [0.1, 0.15) is 0 Å². The van der Waals surface area contributed by atoms with Crippen LogP contribution in [-0.2, 0) is 0 Å². The summed E-state index contributed by atoms with van der Waals surface area (Å²) in [6, 6.07) is 0. The summed E-state index contributed by atoms with van der Waals surface area (Å²) in [5.41, 5.74) is 4.25. The Bertz CT molecular complexity index is 203. The maximum absolute atomic E-state index is 12.2. The highest BCUT2D eigenvalue weighted by Gasteiger charge is 2.31. The van der Waals surface area contributed by atoms with E-state index in [0.717, 1.165) is 12.3 Å². The summed E-state index contributed by atoms with van der Waals surface area (Å²) in [6.45, 7) is 3.57. The van der Waals surface area contributed by atoms with E-state index in [4.69, 9.17) is 5.73 Å². The van der Waals surface area contributed by atoms with Gasteiger partial charge < -0.3 is 5.73 Å². The lowest BCUT2D eigenvalue weighted by atomic mass is 10.0. The van der Waals surface area contributed by atoms with Crippen molar-refractivity contribution in [2.45, 2.75) is 26.4 Å². The van der Waals surface area contributed by atoms with Gasteiger partial charge in [-0.1, -0.05) is 26.3 Å². The van der Waals surface area contributed by atoms with Crippen LogP contribution in [0.4, 0.5) is 13.2 Å². The zero-order valence-corrected chi connectivity index (χ0v) is 7.73. The maximum atomic E-state index is 12.2. The zero-order chi connectivity index (χ0) is 10.5. The molecule has 0 aromatic carbocycles. The lowest BCUT2D eigenvalue weighted by Gasteiger charge is -2.09. The first-order valence-electron chi connectivity index (χ1n) is 4.09.